The van der Waals surface area contributed by atoms with Crippen LogP contribution in [0.3, 0.4) is 0 Å². The van der Waals surface area contributed by atoms with Gasteiger partial charge in [-0.1, -0.05) is 19.1 Å². The second kappa shape index (κ2) is 6.28. The summed E-state index contributed by atoms with van der Waals surface area (Å²) in [4.78, 5) is 11.6. The topological polar surface area (TPSA) is 41.1 Å². The van der Waals surface area contributed by atoms with E-state index in [0.29, 0.717) is 6.54 Å². The van der Waals surface area contributed by atoms with Gasteiger partial charge in [0.05, 0.1) is 6.54 Å². The summed E-state index contributed by atoms with van der Waals surface area (Å²) in [7, 11) is 0. The Balaban J connectivity index is 2.50. The monoisotopic (exact) mass is 234 g/mol. The molecule has 0 saturated carbocycles. The van der Waals surface area contributed by atoms with Crippen molar-refractivity contribution in [1.82, 2.24) is 5.32 Å². The Morgan fingerprint density at radius 1 is 1.35 bits per heavy atom. The fraction of sp³-hybridized carbons (Fsp3) is 0.500. The van der Waals surface area contributed by atoms with Gasteiger partial charge in [0, 0.05) is 11.7 Å². The average Bonchev–Trinajstić information content (AvgIpc) is 2.31. The average molecular weight is 234 g/mol. The van der Waals surface area contributed by atoms with Crippen LogP contribution in [-0.2, 0) is 4.79 Å². The molecule has 1 aromatic rings. The Kier molecular flexibility index (Phi) is 5.01. The summed E-state index contributed by atoms with van der Waals surface area (Å²) < 4.78 is 0. The Morgan fingerprint density at radius 3 is 2.71 bits per heavy atom. The minimum absolute atomic E-state index is 0.0419. The Morgan fingerprint density at radius 2 is 2.06 bits per heavy atom. The Bertz CT molecular complexity index is 388. The molecule has 0 aromatic heterocycles. The number of carbonyl (C=O) groups excluding carboxylic acids is 1. The molecule has 0 fully saturated rings. The summed E-state index contributed by atoms with van der Waals surface area (Å²) in [6, 6.07) is 6.30. The molecule has 1 aromatic carbocycles. The Hall–Kier alpha value is -1.51. The molecule has 17 heavy (non-hydrogen) atoms. The zero-order valence-corrected chi connectivity index (χ0v) is 11.1. The van der Waals surface area contributed by atoms with Gasteiger partial charge in [-0.2, -0.15) is 0 Å². The van der Waals surface area contributed by atoms with Gasteiger partial charge in [0.15, 0.2) is 0 Å². The lowest BCUT2D eigenvalue weighted by molar-refractivity contribution is -0.120. The van der Waals surface area contributed by atoms with Crippen LogP contribution in [0.25, 0.3) is 0 Å². The number of nitrogens with one attached hydrogen (secondary N) is 2. The summed E-state index contributed by atoms with van der Waals surface area (Å²) in [6.45, 7) is 8.53. The number of carbonyl (C=O) groups is 1. The first-order valence-electron chi connectivity index (χ1n) is 6.14. The predicted octanol–water partition coefficient (Wildman–Crippen LogP) is 2.63. The first-order valence-corrected chi connectivity index (χ1v) is 6.14. The molecule has 0 heterocycles. The molecule has 1 amide bonds. The lowest BCUT2D eigenvalue weighted by atomic mass is 10.1. The van der Waals surface area contributed by atoms with E-state index in [9.17, 15) is 4.79 Å². The van der Waals surface area contributed by atoms with Gasteiger partial charge in [0.1, 0.15) is 0 Å². The first-order chi connectivity index (χ1) is 8.04. The van der Waals surface area contributed by atoms with Crippen molar-refractivity contribution in [3.05, 3.63) is 29.3 Å². The molecule has 94 valence electrons. The Labute approximate surface area is 104 Å². The third-order valence-corrected chi connectivity index (χ3v) is 3.06. The van der Waals surface area contributed by atoms with E-state index < -0.39 is 0 Å². The van der Waals surface area contributed by atoms with Gasteiger partial charge in [0.2, 0.25) is 5.91 Å². The maximum absolute atomic E-state index is 11.6. The third-order valence-electron chi connectivity index (χ3n) is 3.06. The smallest absolute Gasteiger partial charge is 0.239 e. The summed E-state index contributed by atoms with van der Waals surface area (Å²) in [6.07, 6.45) is 0.954. The summed E-state index contributed by atoms with van der Waals surface area (Å²) in [5, 5.41) is 6.10. The summed E-state index contributed by atoms with van der Waals surface area (Å²) in [5.41, 5.74) is 3.46. The van der Waals surface area contributed by atoms with E-state index >= 15 is 0 Å². The highest BCUT2D eigenvalue weighted by molar-refractivity contribution is 5.81. The van der Waals surface area contributed by atoms with Crippen molar-refractivity contribution in [2.45, 2.75) is 40.2 Å². The minimum Gasteiger partial charge on any atom is -0.376 e. The van der Waals surface area contributed by atoms with Gasteiger partial charge in [-0.15, -0.1) is 0 Å². The van der Waals surface area contributed by atoms with Crippen LogP contribution in [0.1, 0.15) is 31.4 Å². The van der Waals surface area contributed by atoms with Gasteiger partial charge in [-0.3, -0.25) is 4.79 Å². The van der Waals surface area contributed by atoms with E-state index in [-0.39, 0.29) is 11.9 Å². The van der Waals surface area contributed by atoms with E-state index in [1.807, 2.05) is 19.1 Å². The largest absolute Gasteiger partial charge is 0.376 e. The van der Waals surface area contributed by atoms with Crippen LogP contribution in [0.4, 0.5) is 5.69 Å². The van der Waals surface area contributed by atoms with Gasteiger partial charge in [-0.05, 0) is 44.4 Å². The first kappa shape index (κ1) is 13.6. The van der Waals surface area contributed by atoms with Crippen LogP contribution in [0.2, 0.25) is 0 Å². The maximum atomic E-state index is 11.6. The number of hydrogen-bond donors (Lipinski definition) is 2. The van der Waals surface area contributed by atoms with Crippen LogP contribution >= 0.6 is 0 Å². The molecule has 3 nitrogen and oxygen atoms in total. The SMILES string of the molecule is CCC(C)NC(=O)CNc1cccc(C)c1C. The van der Waals surface area contributed by atoms with E-state index in [2.05, 4.69) is 37.5 Å². The van der Waals surface area contributed by atoms with Crippen LogP contribution in [0.15, 0.2) is 18.2 Å². The molecule has 0 aliphatic rings. The highest BCUT2D eigenvalue weighted by Gasteiger charge is 2.06. The van der Waals surface area contributed by atoms with Crippen LogP contribution in [0, 0.1) is 13.8 Å². The lowest BCUT2D eigenvalue weighted by Crippen LogP contribution is -2.36. The van der Waals surface area contributed by atoms with Gasteiger partial charge >= 0.3 is 0 Å². The van der Waals surface area contributed by atoms with Crippen molar-refractivity contribution in [2.24, 2.45) is 0 Å². The van der Waals surface area contributed by atoms with Crippen molar-refractivity contribution in [3.8, 4) is 0 Å². The van der Waals surface area contributed by atoms with Crippen LogP contribution in [-0.4, -0.2) is 18.5 Å². The lowest BCUT2D eigenvalue weighted by Gasteiger charge is -2.14. The molecule has 0 aliphatic carbocycles. The standard InChI is InChI=1S/C14H22N2O/c1-5-11(3)16-14(17)9-15-13-8-6-7-10(2)12(13)4/h6-8,11,15H,5,9H2,1-4H3,(H,16,17). The molecule has 3 heteroatoms. The van der Waals surface area contributed by atoms with Crippen molar-refractivity contribution in [3.63, 3.8) is 0 Å². The molecule has 0 spiro atoms. The molecule has 1 atom stereocenters. The van der Waals surface area contributed by atoms with E-state index in [4.69, 9.17) is 0 Å². The molecule has 0 aliphatic heterocycles. The van der Waals surface area contributed by atoms with E-state index in [1.54, 1.807) is 0 Å². The number of anilines is 1. The van der Waals surface area contributed by atoms with Crippen LogP contribution in [0.5, 0.6) is 0 Å². The van der Waals surface area contributed by atoms with Crippen LogP contribution < -0.4 is 10.6 Å². The predicted molar refractivity (Wildman–Crippen MR) is 72.3 cm³/mol. The normalized spacial score (nSPS) is 12.0. The zero-order chi connectivity index (χ0) is 12.8. The third kappa shape index (κ3) is 4.10. The van der Waals surface area contributed by atoms with E-state index in [1.165, 1.54) is 11.1 Å². The van der Waals surface area contributed by atoms with Gasteiger partial charge in [0.25, 0.3) is 0 Å². The molecule has 0 bridgehead atoms. The molecular formula is C14H22N2O. The quantitative estimate of drug-likeness (QED) is 0.822. The van der Waals surface area contributed by atoms with Gasteiger partial charge in [-0.25, -0.2) is 0 Å². The maximum Gasteiger partial charge on any atom is 0.239 e. The van der Waals surface area contributed by atoms with Crippen molar-refractivity contribution >= 4 is 11.6 Å². The summed E-state index contributed by atoms with van der Waals surface area (Å²) in [5.74, 6) is 0.0419. The van der Waals surface area contributed by atoms with E-state index in [0.717, 1.165) is 12.1 Å². The number of amides is 1. The zero-order valence-electron chi connectivity index (χ0n) is 11.1. The highest BCUT2D eigenvalue weighted by Crippen LogP contribution is 2.17. The molecule has 1 unspecified atom stereocenters. The fourth-order valence-corrected chi connectivity index (χ4v) is 1.55. The molecular weight excluding hydrogens is 212 g/mol. The minimum atomic E-state index is 0.0419. The number of aryl methyl sites for hydroxylation is 1. The molecule has 2 N–H and O–H groups in total. The molecule has 1 rings (SSSR count). The van der Waals surface area contributed by atoms with Crippen molar-refractivity contribution in [1.29, 1.82) is 0 Å². The van der Waals surface area contributed by atoms with Gasteiger partial charge < -0.3 is 10.6 Å². The van der Waals surface area contributed by atoms with Crippen molar-refractivity contribution in [2.75, 3.05) is 11.9 Å². The number of benzene rings is 1. The van der Waals surface area contributed by atoms with Crippen molar-refractivity contribution < 1.29 is 4.79 Å². The summed E-state index contributed by atoms with van der Waals surface area (Å²) >= 11 is 0. The molecule has 0 radical (unpaired) electrons. The second-order valence-electron chi connectivity index (χ2n) is 4.48. The second-order valence-corrected chi connectivity index (χ2v) is 4.48. The number of hydrogen-bond acceptors (Lipinski definition) is 2. The fourth-order valence-electron chi connectivity index (χ4n) is 1.55. The molecule has 0 saturated heterocycles. The number of rotatable bonds is 5. The highest BCUT2D eigenvalue weighted by atomic mass is 16.1.